The van der Waals surface area contributed by atoms with E-state index < -0.39 is 0 Å². The summed E-state index contributed by atoms with van der Waals surface area (Å²) in [6.45, 7) is 9.62. The van der Waals surface area contributed by atoms with Crippen molar-refractivity contribution in [3.8, 4) is 0 Å². The van der Waals surface area contributed by atoms with Crippen LogP contribution in [0.5, 0.6) is 0 Å². The van der Waals surface area contributed by atoms with Gasteiger partial charge >= 0.3 is 0 Å². The maximum Gasteiger partial charge on any atom is 0.239 e. The number of nitrogens with zero attached hydrogens (tertiary/aromatic N) is 1. The van der Waals surface area contributed by atoms with E-state index in [1.165, 1.54) is 0 Å². The second-order valence-corrected chi connectivity index (χ2v) is 5.20. The first-order valence-corrected chi connectivity index (χ1v) is 7.29. The Labute approximate surface area is 111 Å². The number of rotatable bonds is 8. The fourth-order valence-electron chi connectivity index (χ4n) is 2.32. The van der Waals surface area contributed by atoms with Gasteiger partial charge in [-0.25, -0.2) is 0 Å². The van der Waals surface area contributed by atoms with Gasteiger partial charge in [0.25, 0.3) is 0 Å². The second kappa shape index (κ2) is 8.48. The highest BCUT2D eigenvalue weighted by molar-refractivity contribution is 5.82. The van der Waals surface area contributed by atoms with Gasteiger partial charge in [-0.1, -0.05) is 6.92 Å². The molecule has 106 valence electrons. The third-order valence-corrected chi connectivity index (χ3v) is 3.25. The van der Waals surface area contributed by atoms with E-state index in [1.807, 2.05) is 4.90 Å². The summed E-state index contributed by atoms with van der Waals surface area (Å²) < 4.78 is 5.50. The van der Waals surface area contributed by atoms with Crippen LogP contribution in [0.1, 0.15) is 46.5 Å². The van der Waals surface area contributed by atoms with Crippen LogP contribution in [0.4, 0.5) is 0 Å². The third kappa shape index (κ3) is 5.36. The van der Waals surface area contributed by atoms with E-state index in [9.17, 15) is 4.79 Å². The Kier molecular flexibility index (Phi) is 7.28. The van der Waals surface area contributed by atoms with Gasteiger partial charge in [0.15, 0.2) is 0 Å². The van der Waals surface area contributed by atoms with Crippen LogP contribution in [0.2, 0.25) is 0 Å². The van der Waals surface area contributed by atoms with Crippen molar-refractivity contribution < 1.29 is 9.53 Å². The average Bonchev–Trinajstić information content (AvgIpc) is 2.33. The minimum Gasteiger partial charge on any atom is -0.379 e. The summed E-state index contributed by atoms with van der Waals surface area (Å²) in [7, 11) is 0. The molecule has 18 heavy (non-hydrogen) atoms. The molecule has 4 heteroatoms. The molecule has 4 nitrogen and oxygen atoms in total. The molecule has 0 saturated carbocycles. The van der Waals surface area contributed by atoms with Crippen molar-refractivity contribution >= 4 is 5.91 Å². The summed E-state index contributed by atoms with van der Waals surface area (Å²) in [4.78, 5) is 14.1. The predicted molar refractivity (Wildman–Crippen MR) is 73.6 cm³/mol. The Morgan fingerprint density at radius 1 is 1.44 bits per heavy atom. The lowest BCUT2D eigenvalue weighted by atomic mass is 10.0. The van der Waals surface area contributed by atoms with Crippen LogP contribution in [0.15, 0.2) is 0 Å². The van der Waals surface area contributed by atoms with E-state index in [0.717, 1.165) is 51.9 Å². The Hall–Kier alpha value is -0.610. The highest BCUT2D eigenvalue weighted by atomic mass is 16.5. The Bertz CT molecular complexity index is 242. The summed E-state index contributed by atoms with van der Waals surface area (Å²) in [6.07, 6.45) is 4.48. The van der Waals surface area contributed by atoms with Gasteiger partial charge in [0.05, 0.1) is 12.1 Å². The van der Waals surface area contributed by atoms with Crippen LogP contribution >= 0.6 is 0 Å². The summed E-state index contributed by atoms with van der Waals surface area (Å²) >= 11 is 0. The van der Waals surface area contributed by atoms with Crippen molar-refractivity contribution in [3.63, 3.8) is 0 Å². The SMILES string of the molecule is CCNC1CCCN(CCCCOC(C)C)C1=O. The topological polar surface area (TPSA) is 41.6 Å². The molecule has 0 spiro atoms. The first-order chi connectivity index (χ1) is 8.65. The molecule has 0 radical (unpaired) electrons. The highest BCUT2D eigenvalue weighted by Gasteiger charge is 2.27. The maximum absolute atomic E-state index is 12.1. The van der Waals surface area contributed by atoms with Crippen LogP contribution in [0.25, 0.3) is 0 Å². The molecular formula is C14H28N2O2. The minimum atomic E-state index is 0.0515. The van der Waals surface area contributed by atoms with Crippen molar-refractivity contribution in [1.29, 1.82) is 0 Å². The Balaban J connectivity index is 2.18. The maximum atomic E-state index is 12.1. The van der Waals surface area contributed by atoms with Crippen LogP contribution in [-0.2, 0) is 9.53 Å². The second-order valence-electron chi connectivity index (χ2n) is 5.20. The molecule has 1 heterocycles. The molecule has 1 unspecified atom stereocenters. The standard InChI is InChI=1S/C14H28N2O2/c1-4-15-13-8-7-10-16(14(13)17)9-5-6-11-18-12(2)3/h12-13,15H,4-11H2,1-3H3. The van der Waals surface area contributed by atoms with Crippen LogP contribution in [-0.4, -0.2) is 49.2 Å². The lowest BCUT2D eigenvalue weighted by Gasteiger charge is -2.32. The number of carbonyl (C=O) groups is 1. The molecule has 0 aliphatic carbocycles. The summed E-state index contributed by atoms with van der Waals surface area (Å²) in [5.74, 6) is 0.285. The van der Waals surface area contributed by atoms with Gasteiger partial charge in [0.2, 0.25) is 5.91 Å². The summed E-state index contributed by atoms with van der Waals surface area (Å²) in [5, 5.41) is 3.26. The smallest absolute Gasteiger partial charge is 0.239 e. The number of likely N-dealkylation sites (tertiary alicyclic amines) is 1. The number of hydrogen-bond acceptors (Lipinski definition) is 3. The number of ether oxygens (including phenoxy) is 1. The van der Waals surface area contributed by atoms with Gasteiger partial charge in [0.1, 0.15) is 0 Å². The molecular weight excluding hydrogens is 228 g/mol. The van der Waals surface area contributed by atoms with Crippen molar-refractivity contribution in [2.75, 3.05) is 26.2 Å². The number of likely N-dealkylation sites (N-methyl/N-ethyl adjacent to an activating group) is 1. The molecule has 0 bridgehead atoms. The normalized spacial score (nSPS) is 20.8. The number of carbonyl (C=O) groups excluding carboxylic acids is 1. The third-order valence-electron chi connectivity index (χ3n) is 3.25. The van der Waals surface area contributed by atoms with Gasteiger partial charge in [-0.2, -0.15) is 0 Å². The lowest BCUT2D eigenvalue weighted by molar-refractivity contribution is -0.136. The zero-order valence-electron chi connectivity index (χ0n) is 12.1. The van der Waals surface area contributed by atoms with Gasteiger partial charge in [-0.05, 0) is 46.1 Å². The number of unbranched alkanes of at least 4 members (excludes halogenated alkanes) is 1. The molecule has 1 aliphatic heterocycles. The largest absolute Gasteiger partial charge is 0.379 e. The molecule has 1 N–H and O–H groups in total. The molecule has 0 aromatic rings. The fraction of sp³-hybridized carbons (Fsp3) is 0.929. The zero-order valence-corrected chi connectivity index (χ0v) is 12.1. The molecule has 0 aromatic heterocycles. The van der Waals surface area contributed by atoms with Crippen molar-refractivity contribution in [2.45, 2.75) is 58.6 Å². The minimum absolute atomic E-state index is 0.0515. The molecule has 1 atom stereocenters. The quantitative estimate of drug-likeness (QED) is 0.673. The molecule has 1 aliphatic rings. The number of piperidine rings is 1. The van der Waals surface area contributed by atoms with Crippen LogP contribution < -0.4 is 5.32 Å². The van der Waals surface area contributed by atoms with Gasteiger partial charge in [-0.15, -0.1) is 0 Å². The van der Waals surface area contributed by atoms with Gasteiger partial charge in [-0.3, -0.25) is 4.79 Å². The van der Waals surface area contributed by atoms with E-state index in [4.69, 9.17) is 4.74 Å². The van der Waals surface area contributed by atoms with E-state index in [0.29, 0.717) is 6.10 Å². The van der Waals surface area contributed by atoms with Gasteiger partial charge < -0.3 is 15.0 Å². The molecule has 1 fully saturated rings. The fourth-order valence-corrected chi connectivity index (χ4v) is 2.32. The predicted octanol–water partition coefficient (Wildman–Crippen LogP) is 1.79. The summed E-state index contributed by atoms with van der Waals surface area (Å²) in [6, 6.07) is 0.0515. The Morgan fingerprint density at radius 2 is 2.22 bits per heavy atom. The monoisotopic (exact) mass is 256 g/mol. The highest BCUT2D eigenvalue weighted by Crippen LogP contribution is 2.12. The summed E-state index contributed by atoms with van der Waals surface area (Å²) in [5.41, 5.74) is 0. The number of hydrogen-bond donors (Lipinski definition) is 1. The van der Waals surface area contributed by atoms with Crippen molar-refractivity contribution in [1.82, 2.24) is 10.2 Å². The van der Waals surface area contributed by atoms with Crippen LogP contribution in [0.3, 0.4) is 0 Å². The molecule has 1 amide bonds. The van der Waals surface area contributed by atoms with E-state index in [-0.39, 0.29) is 11.9 Å². The average molecular weight is 256 g/mol. The first-order valence-electron chi connectivity index (χ1n) is 7.29. The zero-order chi connectivity index (χ0) is 13.4. The molecule has 1 saturated heterocycles. The van der Waals surface area contributed by atoms with Gasteiger partial charge in [0, 0.05) is 19.7 Å². The van der Waals surface area contributed by atoms with E-state index in [1.54, 1.807) is 0 Å². The van der Waals surface area contributed by atoms with Crippen molar-refractivity contribution in [3.05, 3.63) is 0 Å². The molecule has 0 aromatic carbocycles. The van der Waals surface area contributed by atoms with E-state index >= 15 is 0 Å². The van der Waals surface area contributed by atoms with Crippen molar-refractivity contribution in [2.24, 2.45) is 0 Å². The first kappa shape index (κ1) is 15.4. The lowest BCUT2D eigenvalue weighted by Crippen LogP contribution is -2.50. The number of nitrogens with one attached hydrogen (secondary N) is 1. The van der Waals surface area contributed by atoms with Crippen LogP contribution in [0, 0.1) is 0 Å². The Morgan fingerprint density at radius 3 is 2.89 bits per heavy atom. The number of amides is 1. The molecule has 1 rings (SSSR count). The van der Waals surface area contributed by atoms with E-state index in [2.05, 4.69) is 26.1 Å².